The molecule has 0 spiro atoms. The summed E-state index contributed by atoms with van der Waals surface area (Å²) in [5.41, 5.74) is 3.49. The highest BCUT2D eigenvalue weighted by molar-refractivity contribution is 7.17. The number of rotatable bonds is 4. The zero-order valence-electron chi connectivity index (χ0n) is 20.6. The third-order valence-electron chi connectivity index (χ3n) is 7.28. The first-order valence-corrected chi connectivity index (χ1v) is 13.4. The summed E-state index contributed by atoms with van der Waals surface area (Å²) in [5, 5.41) is 3.91. The van der Waals surface area contributed by atoms with Crippen LogP contribution in [-0.4, -0.2) is 48.5 Å². The minimum Gasteiger partial charge on any atom is -0.490 e. The van der Waals surface area contributed by atoms with Crippen molar-refractivity contribution in [3.8, 4) is 5.75 Å². The fraction of sp³-hybridized carbons (Fsp3) is 0.393. The average molecular weight is 503 g/mol. The van der Waals surface area contributed by atoms with E-state index in [0.29, 0.717) is 18.0 Å². The average Bonchev–Trinajstić information content (AvgIpc) is 3.31. The molecule has 0 aliphatic carbocycles. The maximum absolute atomic E-state index is 12.9. The maximum Gasteiger partial charge on any atom is 0.263 e. The van der Waals surface area contributed by atoms with Gasteiger partial charge in [0, 0.05) is 42.2 Å². The van der Waals surface area contributed by atoms with Crippen molar-refractivity contribution < 1.29 is 14.3 Å². The second-order valence-corrected chi connectivity index (χ2v) is 11.4. The van der Waals surface area contributed by atoms with E-state index in [9.17, 15) is 9.59 Å². The van der Waals surface area contributed by atoms with Crippen molar-refractivity contribution in [1.29, 1.82) is 0 Å². The number of aromatic nitrogens is 1. The Hall–Kier alpha value is -3.39. The molecule has 0 unspecified atom stereocenters. The number of ketones is 1. The summed E-state index contributed by atoms with van der Waals surface area (Å²) in [6.07, 6.45) is 2.41. The molecule has 1 fully saturated rings. The number of hydrogen-bond donors (Lipinski definition) is 1. The zero-order chi connectivity index (χ0) is 24.9. The molecule has 6 rings (SSSR count). The number of benzene rings is 2. The summed E-state index contributed by atoms with van der Waals surface area (Å²) in [7, 11) is 0. The minimum absolute atomic E-state index is 0.0415. The first-order chi connectivity index (χ1) is 17.4. The molecule has 8 heteroatoms. The Labute approximate surface area is 215 Å². The van der Waals surface area contributed by atoms with E-state index in [2.05, 4.69) is 27.2 Å². The van der Waals surface area contributed by atoms with Crippen LogP contribution in [0.5, 0.6) is 5.75 Å². The van der Waals surface area contributed by atoms with Crippen molar-refractivity contribution in [2.75, 3.05) is 36.0 Å². The number of fused-ring (bicyclic) bond motifs is 2. The number of hydrogen-bond acceptors (Lipinski definition) is 7. The largest absolute Gasteiger partial charge is 0.490 e. The molecule has 36 heavy (non-hydrogen) atoms. The van der Waals surface area contributed by atoms with Gasteiger partial charge >= 0.3 is 0 Å². The lowest BCUT2D eigenvalue weighted by Crippen LogP contribution is -2.48. The van der Waals surface area contributed by atoms with Crippen LogP contribution < -0.4 is 19.9 Å². The van der Waals surface area contributed by atoms with Crippen LogP contribution in [0.25, 0.3) is 0 Å². The van der Waals surface area contributed by atoms with Crippen LogP contribution in [-0.2, 0) is 6.42 Å². The number of ether oxygens (including phenoxy) is 1. The van der Waals surface area contributed by atoms with Gasteiger partial charge in [-0.05, 0) is 44.9 Å². The molecule has 4 heterocycles. The summed E-state index contributed by atoms with van der Waals surface area (Å²) >= 11 is 1.45. The molecule has 0 atom stereocenters. The van der Waals surface area contributed by atoms with Gasteiger partial charge in [-0.3, -0.25) is 9.59 Å². The highest BCUT2D eigenvalue weighted by Gasteiger charge is 2.35. The van der Waals surface area contributed by atoms with Crippen molar-refractivity contribution in [2.45, 2.75) is 38.6 Å². The van der Waals surface area contributed by atoms with Gasteiger partial charge < -0.3 is 19.9 Å². The monoisotopic (exact) mass is 502 g/mol. The maximum atomic E-state index is 12.9. The van der Waals surface area contributed by atoms with Crippen molar-refractivity contribution in [1.82, 2.24) is 10.3 Å². The second-order valence-electron chi connectivity index (χ2n) is 10.4. The van der Waals surface area contributed by atoms with Gasteiger partial charge in [0.05, 0.1) is 17.9 Å². The summed E-state index contributed by atoms with van der Waals surface area (Å²) in [4.78, 5) is 35.7. The quantitative estimate of drug-likeness (QED) is 0.515. The Balaban J connectivity index is 1.22. The van der Waals surface area contributed by atoms with E-state index < -0.39 is 0 Å². The third-order valence-corrected chi connectivity index (χ3v) is 8.40. The third kappa shape index (κ3) is 4.23. The van der Waals surface area contributed by atoms with Gasteiger partial charge in [0.1, 0.15) is 17.2 Å². The highest BCUT2D eigenvalue weighted by atomic mass is 32.1. The van der Waals surface area contributed by atoms with Crippen molar-refractivity contribution in [2.24, 2.45) is 5.92 Å². The number of nitrogens with zero attached hydrogens (tertiary/aromatic N) is 3. The molecule has 7 nitrogen and oxygen atoms in total. The van der Waals surface area contributed by atoms with E-state index in [1.165, 1.54) is 11.3 Å². The number of anilines is 3. The van der Waals surface area contributed by atoms with Crippen LogP contribution >= 0.6 is 11.3 Å². The first-order valence-electron chi connectivity index (χ1n) is 12.6. The number of nitrogens with one attached hydrogen (secondary N) is 1. The van der Waals surface area contributed by atoms with Crippen LogP contribution in [0, 0.1) is 5.92 Å². The van der Waals surface area contributed by atoms with E-state index in [4.69, 9.17) is 9.72 Å². The van der Waals surface area contributed by atoms with Gasteiger partial charge in [0.15, 0.2) is 10.9 Å². The Kier molecular flexibility index (Phi) is 5.71. The molecular weight excluding hydrogens is 472 g/mol. The normalized spacial score (nSPS) is 19.2. The number of Topliss-reactive ketones (excluding diaryl/α,β-unsaturated/α-hetero) is 1. The molecule has 1 saturated heterocycles. The molecule has 0 radical (unpaired) electrons. The van der Waals surface area contributed by atoms with E-state index in [0.717, 1.165) is 65.9 Å². The Bertz CT molecular complexity index is 1310. The van der Waals surface area contributed by atoms with Crippen molar-refractivity contribution >= 4 is 39.5 Å². The van der Waals surface area contributed by atoms with E-state index in [-0.39, 0.29) is 23.1 Å². The second kappa shape index (κ2) is 8.92. The molecule has 1 aromatic heterocycles. The molecule has 3 aliphatic rings. The number of carbonyl (C=O) groups excluding carboxylic acids is 2. The number of piperidine rings is 1. The molecule has 0 saturated carbocycles. The van der Waals surface area contributed by atoms with Gasteiger partial charge in [-0.2, -0.15) is 0 Å². The number of thiazole rings is 1. The van der Waals surface area contributed by atoms with Crippen LogP contribution in [0.1, 0.15) is 52.4 Å². The fourth-order valence-electron chi connectivity index (χ4n) is 5.42. The Morgan fingerprint density at radius 3 is 2.67 bits per heavy atom. The Morgan fingerprint density at radius 2 is 1.89 bits per heavy atom. The summed E-state index contributed by atoms with van der Waals surface area (Å²) in [6, 6.07) is 15.9. The van der Waals surface area contributed by atoms with Gasteiger partial charge in [0.2, 0.25) is 0 Å². The molecule has 3 aromatic rings. The lowest BCUT2D eigenvalue weighted by Gasteiger charge is -2.35. The predicted octanol–water partition coefficient (Wildman–Crippen LogP) is 4.84. The molecular formula is C28H30N4O3S. The van der Waals surface area contributed by atoms with Crippen LogP contribution in [0.3, 0.4) is 0 Å². The number of amides is 1. The van der Waals surface area contributed by atoms with Crippen molar-refractivity contribution in [3.05, 3.63) is 64.7 Å². The minimum atomic E-state index is -0.292. The highest BCUT2D eigenvalue weighted by Crippen LogP contribution is 2.42. The first kappa shape index (κ1) is 23.0. The number of carbonyl (C=O) groups is 2. The van der Waals surface area contributed by atoms with Crippen LogP contribution in [0.15, 0.2) is 48.5 Å². The molecule has 1 amide bonds. The van der Waals surface area contributed by atoms with E-state index in [1.54, 1.807) is 0 Å². The Morgan fingerprint density at radius 1 is 1.11 bits per heavy atom. The smallest absolute Gasteiger partial charge is 0.263 e. The SMILES string of the molecule is CC1(C)Cc2nc(N3CCOc4ccc(N5CCC(C(=O)c6ccccc6)CC5)cc43)sc2C(=O)N1. The molecule has 2 aromatic carbocycles. The van der Waals surface area contributed by atoms with Gasteiger partial charge in [-0.1, -0.05) is 41.7 Å². The van der Waals surface area contributed by atoms with Gasteiger partial charge in [-0.25, -0.2) is 4.98 Å². The molecule has 1 N–H and O–H groups in total. The lowest BCUT2D eigenvalue weighted by atomic mass is 9.88. The lowest BCUT2D eigenvalue weighted by molar-refractivity contribution is 0.0892. The summed E-state index contributed by atoms with van der Waals surface area (Å²) in [6.45, 7) is 6.98. The molecule has 3 aliphatic heterocycles. The molecule has 0 bridgehead atoms. The van der Waals surface area contributed by atoms with Crippen molar-refractivity contribution in [3.63, 3.8) is 0 Å². The molecule has 186 valence electrons. The summed E-state index contributed by atoms with van der Waals surface area (Å²) < 4.78 is 5.96. The standard InChI is InChI=1S/C28H30N4O3S/c1-28(2)17-21-25(26(34)30-28)36-27(29-21)32-14-15-35-23-9-8-20(16-22(23)32)31-12-10-19(11-13-31)24(33)18-6-4-3-5-7-18/h3-9,16,19H,10-15,17H2,1-2H3,(H,30,34). The van der Waals surface area contributed by atoms with E-state index in [1.807, 2.05) is 50.2 Å². The predicted molar refractivity (Wildman–Crippen MR) is 142 cm³/mol. The van der Waals surface area contributed by atoms with Gasteiger partial charge in [-0.15, -0.1) is 0 Å². The summed E-state index contributed by atoms with van der Waals surface area (Å²) in [5.74, 6) is 1.11. The van der Waals surface area contributed by atoms with E-state index >= 15 is 0 Å². The zero-order valence-corrected chi connectivity index (χ0v) is 21.4. The van der Waals surface area contributed by atoms with Crippen LogP contribution in [0.2, 0.25) is 0 Å². The van der Waals surface area contributed by atoms with Gasteiger partial charge in [0.25, 0.3) is 5.91 Å². The van der Waals surface area contributed by atoms with Crippen LogP contribution in [0.4, 0.5) is 16.5 Å². The fourth-order valence-corrected chi connectivity index (χ4v) is 6.44. The topological polar surface area (TPSA) is 74.8 Å².